The lowest BCUT2D eigenvalue weighted by Gasteiger charge is -2.02. The van der Waals surface area contributed by atoms with Crippen LogP contribution in [-0.4, -0.2) is 0 Å². The van der Waals surface area contributed by atoms with E-state index in [4.69, 9.17) is 0 Å². The SMILES string of the molecule is C=CCCc1ccccc1C=C. The van der Waals surface area contributed by atoms with Gasteiger partial charge in [-0.2, -0.15) is 0 Å². The Kier molecular flexibility index (Phi) is 3.34. The first-order valence-electron chi connectivity index (χ1n) is 4.19. The lowest BCUT2D eigenvalue weighted by molar-refractivity contribution is 1.00. The highest BCUT2D eigenvalue weighted by Crippen LogP contribution is 2.11. The fraction of sp³-hybridized carbons (Fsp3) is 0.167. The molecular weight excluding hydrogens is 144 g/mol. The van der Waals surface area contributed by atoms with Crippen molar-refractivity contribution in [2.24, 2.45) is 0 Å². The quantitative estimate of drug-likeness (QED) is 0.589. The normalized spacial score (nSPS) is 9.33. The van der Waals surface area contributed by atoms with Crippen LogP contribution in [0.4, 0.5) is 0 Å². The van der Waals surface area contributed by atoms with Gasteiger partial charge in [0.1, 0.15) is 0 Å². The third-order valence-corrected chi connectivity index (χ3v) is 1.89. The van der Waals surface area contributed by atoms with Crippen LogP contribution < -0.4 is 0 Å². The Morgan fingerprint density at radius 3 is 2.58 bits per heavy atom. The van der Waals surface area contributed by atoms with Crippen molar-refractivity contribution in [3.05, 3.63) is 54.6 Å². The molecule has 0 bridgehead atoms. The number of hydrogen-bond donors (Lipinski definition) is 0. The first kappa shape index (κ1) is 8.79. The molecule has 0 heteroatoms. The molecule has 0 aliphatic heterocycles. The van der Waals surface area contributed by atoms with Crippen molar-refractivity contribution in [1.82, 2.24) is 0 Å². The summed E-state index contributed by atoms with van der Waals surface area (Å²) in [5.41, 5.74) is 2.59. The maximum atomic E-state index is 3.77. The second kappa shape index (κ2) is 4.55. The van der Waals surface area contributed by atoms with E-state index >= 15 is 0 Å². The molecule has 0 atom stereocenters. The van der Waals surface area contributed by atoms with Crippen LogP contribution in [0.25, 0.3) is 6.08 Å². The van der Waals surface area contributed by atoms with E-state index in [1.807, 2.05) is 18.2 Å². The fourth-order valence-electron chi connectivity index (χ4n) is 1.22. The number of aryl methyl sites for hydroxylation is 1. The predicted octanol–water partition coefficient (Wildman–Crippen LogP) is 3.45. The Labute approximate surface area is 74.2 Å². The monoisotopic (exact) mass is 158 g/mol. The molecule has 0 fully saturated rings. The van der Waals surface area contributed by atoms with Crippen LogP contribution in [0.5, 0.6) is 0 Å². The summed E-state index contributed by atoms with van der Waals surface area (Å²) in [4.78, 5) is 0. The molecule has 0 heterocycles. The topological polar surface area (TPSA) is 0 Å². The standard InChI is InChI=1S/C12H14/c1-3-5-8-12-10-7-6-9-11(12)4-2/h3-4,6-7,9-10H,1-2,5,8H2. The third kappa shape index (κ3) is 2.09. The molecule has 0 saturated heterocycles. The van der Waals surface area contributed by atoms with E-state index in [0.29, 0.717) is 0 Å². The highest BCUT2D eigenvalue weighted by molar-refractivity contribution is 5.51. The predicted molar refractivity (Wildman–Crippen MR) is 55.1 cm³/mol. The zero-order valence-electron chi connectivity index (χ0n) is 7.29. The van der Waals surface area contributed by atoms with Crippen molar-refractivity contribution < 1.29 is 0 Å². The van der Waals surface area contributed by atoms with Crippen molar-refractivity contribution in [2.45, 2.75) is 12.8 Å². The lowest BCUT2D eigenvalue weighted by Crippen LogP contribution is -1.86. The molecule has 0 aliphatic carbocycles. The first-order valence-corrected chi connectivity index (χ1v) is 4.19. The summed E-state index contributed by atoms with van der Waals surface area (Å²) in [6.07, 6.45) is 5.94. The van der Waals surface area contributed by atoms with Crippen LogP contribution in [0.1, 0.15) is 17.5 Å². The molecule has 0 amide bonds. The zero-order valence-corrected chi connectivity index (χ0v) is 7.29. The van der Waals surface area contributed by atoms with Crippen LogP contribution in [0, 0.1) is 0 Å². The molecule has 0 nitrogen and oxygen atoms in total. The average Bonchev–Trinajstić information content (AvgIpc) is 2.15. The van der Waals surface area contributed by atoms with Gasteiger partial charge in [-0.15, -0.1) is 6.58 Å². The molecule has 0 spiro atoms. The highest BCUT2D eigenvalue weighted by Gasteiger charge is 1.95. The zero-order chi connectivity index (χ0) is 8.81. The van der Waals surface area contributed by atoms with Crippen LogP contribution >= 0.6 is 0 Å². The Morgan fingerprint density at radius 2 is 1.92 bits per heavy atom. The van der Waals surface area contributed by atoms with Crippen LogP contribution in [0.3, 0.4) is 0 Å². The van der Waals surface area contributed by atoms with E-state index in [-0.39, 0.29) is 0 Å². The van der Waals surface area contributed by atoms with Gasteiger partial charge in [-0.3, -0.25) is 0 Å². The summed E-state index contributed by atoms with van der Waals surface area (Å²) < 4.78 is 0. The molecule has 62 valence electrons. The molecular formula is C12H14. The van der Waals surface area contributed by atoms with Gasteiger partial charge in [-0.1, -0.05) is 43.0 Å². The van der Waals surface area contributed by atoms with Gasteiger partial charge in [0.15, 0.2) is 0 Å². The van der Waals surface area contributed by atoms with Crippen molar-refractivity contribution in [3.63, 3.8) is 0 Å². The van der Waals surface area contributed by atoms with Crippen molar-refractivity contribution >= 4 is 6.08 Å². The Bertz CT molecular complexity index is 271. The van der Waals surface area contributed by atoms with Gasteiger partial charge in [0, 0.05) is 0 Å². The largest absolute Gasteiger partial charge is 0.103 e. The summed E-state index contributed by atoms with van der Waals surface area (Å²) in [6.45, 7) is 7.48. The van der Waals surface area contributed by atoms with Crippen molar-refractivity contribution in [2.75, 3.05) is 0 Å². The number of allylic oxidation sites excluding steroid dienone is 1. The van der Waals surface area contributed by atoms with Gasteiger partial charge in [0.05, 0.1) is 0 Å². The van der Waals surface area contributed by atoms with Gasteiger partial charge in [-0.05, 0) is 24.0 Å². The maximum Gasteiger partial charge on any atom is -0.0230 e. The molecule has 0 aromatic heterocycles. The van der Waals surface area contributed by atoms with E-state index in [9.17, 15) is 0 Å². The molecule has 0 radical (unpaired) electrons. The minimum absolute atomic E-state index is 1.03. The molecule has 0 saturated carbocycles. The summed E-state index contributed by atoms with van der Waals surface area (Å²) in [5, 5.41) is 0. The summed E-state index contributed by atoms with van der Waals surface area (Å²) in [5.74, 6) is 0. The van der Waals surface area contributed by atoms with E-state index in [1.165, 1.54) is 11.1 Å². The molecule has 0 N–H and O–H groups in total. The smallest absolute Gasteiger partial charge is 0.0230 e. The summed E-state index contributed by atoms with van der Waals surface area (Å²) in [6, 6.07) is 8.33. The first-order chi connectivity index (χ1) is 5.88. The Morgan fingerprint density at radius 1 is 1.17 bits per heavy atom. The summed E-state index contributed by atoms with van der Waals surface area (Å²) in [7, 11) is 0. The minimum Gasteiger partial charge on any atom is -0.103 e. The highest BCUT2D eigenvalue weighted by atomic mass is 14.0. The lowest BCUT2D eigenvalue weighted by atomic mass is 10.0. The molecule has 0 aliphatic rings. The van der Waals surface area contributed by atoms with Gasteiger partial charge in [0.25, 0.3) is 0 Å². The second-order valence-corrected chi connectivity index (χ2v) is 2.73. The van der Waals surface area contributed by atoms with Crippen LogP contribution in [0.2, 0.25) is 0 Å². The minimum atomic E-state index is 1.03. The molecule has 12 heavy (non-hydrogen) atoms. The van der Waals surface area contributed by atoms with Crippen LogP contribution in [-0.2, 0) is 6.42 Å². The van der Waals surface area contributed by atoms with Gasteiger partial charge in [0.2, 0.25) is 0 Å². The van der Waals surface area contributed by atoms with E-state index in [2.05, 4.69) is 31.4 Å². The van der Waals surface area contributed by atoms with Gasteiger partial charge in [-0.25, -0.2) is 0 Å². The van der Waals surface area contributed by atoms with Crippen LogP contribution in [0.15, 0.2) is 43.5 Å². The fourth-order valence-corrected chi connectivity index (χ4v) is 1.22. The van der Waals surface area contributed by atoms with E-state index in [1.54, 1.807) is 0 Å². The number of rotatable bonds is 4. The Balaban J connectivity index is 2.81. The van der Waals surface area contributed by atoms with Crippen molar-refractivity contribution in [3.8, 4) is 0 Å². The molecule has 1 aromatic rings. The Hall–Kier alpha value is -1.30. The maximum absolute atomic E-state index is 3.77. The molecule has 1 aromatic carbocycles. The molecule has 1 rings (SSSR count). The van der Waals surface area contributed by atoms with E-state index in [0.717, 1.165) is 12.8 Å². The van der Waals surface area contributed by atoms with Crippen molar-refractivity contribution in [1.29, 1.82) is 0 Å². The van der Waals surface area contributed by atoms with Gasteiger partial charge < -0.3 is 0 Å². The average molecular weight is 158 g/mol. The summed E-state index contributed by atoms with van der Waals surface area (Å²) >= 11 is 0. The molecule has 0 unspecified atom stereocenters. The third-order valence-electron chi connectivity index (χ3n) is 1.89. The number of hydrogen-bond acceptors (Lipinski definition) is 0. The second-order valence-electron chi connectivity index (χ2n) is 2.73. The number of benzene rings is 1. The van der Waals surface area contributed by atoms with E-state index < -0.39 is 0 Å². The van der Waals surface area contributed by atoms with Gasteiger partial charge >= 0.3 is 0 Å².